The zero-order valence-electron chi connectivity index (χ0n) is 15.7. The van der Waals surface area contributed by atoms with Crippen LogP contribution in [0.2, 0.25) is 0 Å². The first-order chi connectivity index (χ1) is 13.2. The van der Waals surface area contributed by atoms with E-state index in [9.17, 15) is 4.79 Å². The van der Waals surface area contributed by atoms with Crippen LogP contribution in [0.25, 0.3) is 10.9 Å². The first-order valence-electron chi connectivity index (χ1n) is 10.1. The summed E-state index contributed by atoms with van der Waals surface area (Å²) in [5.41, 5.74) is 1.02. The van der Waals surface area contributed by atoms with E-state index in [1.807, 2.05) is 18.5 Å². The lowest BCUT2D eigenvalue weighted by atomic mass is 9.77. The van der Waals surface area contributed by atoms with Gasteiger partial charge >= 0.3 is 0 Å². The Hall–Kier alpha value is -2.15. The van der Waals surface area contributed by atoms with Gasteiger partial charge in [-0.15, -0.1) is 0 Å². The van der Waals surface area contributed by atoms with Crippen LogP contribution in [0.3, 0.4) is 0 Å². The van der Waals surface area contributed by atoms with Crippen molar-refractivity contribution in [3.05, 3.63) is 18.5 Å². The number of pyridine rings is 1. The molecule has 3 aliphatic rings. The third-order valence-corrected chi connectivity index (χ3v) is 6.40. The van der Waals surface area contributed by atoms with Crippen LogP contribution >= 0.6 is 0 Å². The average Bonchev–Trinajstić information content (AvgIpc) is 3.19. The van der Waals surface area contributed by atoms with Crippen molar-refractivity contribution in [2.24, 2.45) is 17.8 Å². The molecule has 3 fully saturated rings. The molecule has 1 saturated heterocycles. The maximum Gasteiger partial charge on any atom is 0.217 e. The average molecular weight is 369 g/mol. The summed E-state index contributed by atoms with van der Waals surface area (Å²) in [7, 11) is 0. The van der Waals surface area contributed by atoms with Gasteiger partial charge in [-0.2, -0.15) is 5.10 Å². The van der Waals surface area contributed by atoms with E-state index in [0.717, 1.165) is 55.2 Å². The first-order valence-corrected chi connectivity index (χ1v) is 10.1. The lowest BCUT2D eigenvalue weighted by molar-refractivity contribution is -0.122. The molecule has 27 heavy (non-hydrogen) atoms. The number of H-pyrrole nitrogens is 1. The van der Waals surface area contributed by atoms with Crippen molar-refractivity contribution in [3.63, 3.8) is 0 Å². The van der Waals surface area contributed by atoms with Gasteiger partial charge in [0.1, 0.15) is 5.82 Å². The number of nitrogens with zero attached hydrogens (tertiary/aromatic N) is 3. The molecular weight excluding hydrogens is 342 g/mol. The molecule has 0 radical (unpaired) electrons. The summed E-state index contributed by atoms with van der Waals surface area (Å²) in [6, 6.07) is 2.09. The minimum absolute atomic E-state index is 0.0400. The number of ether oxygens (including phenoxy) is 1. The maximum absolute atomic E-state index is 11.7. The van der Waals surface area contributed by atoms with Gasteiger partial charge in [-0.05, 0) is 49.5 Å². The summed E-state index contributed by atoms with van der Waals surface area (Å²) < 4.78 is 6.26. The molecule has 4 atom stereocenters. The predicted molar refractivity (Wildman–Crippen MR) is 102 cm³/mol. The predicted octanol–water partition coefficient (Wildman–Crippen LogP) is 2.10. The van der Waals surface area contributed by atoms with Crippen LogP contribution in [-0.4, -0.2) is 52.9 Å². The molecular formula is C20H27N5O2. The maximum atomic E-state index is 11.7. The minimum atomic E-state index is 0.0400. The van der Waals surface area contributed by atoms with Crippen molar-refractivity contribution in [2.75, 3.05) is 24.6 Å². The van der Waals surface area contributed by atoms with Crippen molar-refractivity contribution in [2.45, 2.75) is 44.8 Å². The molecule has 1 amide bonds. The summed E-state index contributed by atoms with van der Waals surface area (Å²) in [5, 5.41) is 11.4. The number of rotatable bonds is 5. The molecule has 2 aromatic rings. The highest BCUT2D eigenvalue weighted by atomic mass is 16.5. The van der Waals surface area contributed by atoms with Gasteiger partial charge in [0.15, 0.2) is 0 Å². The standard InChI is InChI=1S/C20H27N5O2/c1-12(26)23-18-6-14-9-25(20-16-8-22-24-17(16)4-5-21-20)10-15(14)7-19(18)27-11-13-2-3-13/h4-5,8,13-15,18-19H,2-3,6-7,9-11H2,1H3,(H,22,24)(H,23,26)/t14-,15+,18-,19-/m1/s1. The fourth-order valence-corrected chi connectivity index (χ4v) is 4.83. The summed E-state index contributed by atoms with van der Waals surface area (Å²) in [5.74, 6) is 2.94. The Morgan fingerprint density at radius 3 is 2.93 bits per heavy atom. The van der Waals surface area contributed by atoms with Crippen LogP contribution < -0.4 is 10.2 Å². The second-order valence-electron chi connectivity index (χ2n) is 8.48. The Bertz CT molecular complexity index is 833. The second kappa shape index (κ2) is 6.78. The molecule has 0 unspecified atom stereocenters. The Morgan fingerprint density at radius 1 is 1.33 bits per heavy atom. The van der Waals surface area contributed by atoms with E-state index in [1.165, 1.54) is 12.8 Å². The van der Waals surface area contributed by atoms with Crippen molar-refractivity contribution in [1.82, 2.24) is 20.5 Å². The van der Waals surface area contributed by atoms with Gasteiger partial charge in [0, 0.05) is 32.8 Å². The first kappa shape index (κ1) is 17.0. The molecule has 5 rings (SSSR count). The third kappa shape index (κ3) is 3.40. The number of aromatic nitrogens is 3. The molecule has 7 heteroatoms. The van der Waals surface area contributed by atoms with Gasteiger partial charge < -0.3 is 15.0 Å². The number of aromatic amines is 1. The molecule has 2 N–H and O–H groups in total. The van der Waals surface area contributed by atoms with Crippen LogP contribution in [0.1, 0.15) is 32.6 Å². The van der Waals surface area contributed by atoms with E-state index in [1.54, 1.807) is 6.92 Å². The van der Waals surface area contributed by atoms with Crippen LogP contribution in [0, 0.1) is 17.8 Å². The lowest BCUT2D eigenvalue weighted by Gasteiger charge is -2.38. The molecule has 1 aliphatic heterocycles. The number of hydrogen-bond acceptors (Lipinski definition) is 5. The number of carbonyl (C=O) groups is 1. The Labute approximate surface area is 158 Å². The Morgan fingerprint density at radius 2 is 2.15 bits per heavy atom. The normalized spacial score (nSPS) is 30.5. The molecule has 2 aliphatic carbocycles. The molecule has 0 bridgehead atoms. The fourth-order valence-electron chi connectivity index (χ4n) is 4.83. The van der Waals surface area contributed by atoms with Gasteiger partial charge in [-0.25, -0.2) is 4.98 Å². The van der Waals surface area contributed by atoms with Crippen LogP contribution in [0.5, 0.6) is 0 Å². The number of amides is 1. The largest absolute Gasteiger partial charge is 0.376 e. The number of fused-ring (bicyclic) bond motifs is 2. The van der Waals surface area contributed by atoms with Crippen molar-refractivity contribution in [1.29, 1.82) is 0 Å². The molecule has 2 saturated carbocycles. The third-order valence-electron chi connectivity index (χ3n) is 6.40. The van der Waals surface area contributed by atoms with Crippen LogP contribution in [0.4, 0.5) is 5.82 Å². The second-order valence-corrected chi connectivity index (χ2v) is 8.48. The van der Waals surface area contributed by atoms with Crippen molar-refractivity contribution < 1.29 is 9.53 Å². The fraction of sp³-hybridized carbons (Fsp3) is 0.650. The quantitative estimate of drug-likeness (QED) is 0.843. The van der Waals surface area contributed by atoms with E-state index >= 15 is 0 Å². The molecule has 144 valence electrons. The number of carbonyl (C=O) groups excluding carboxylic acids is 1. The van der Waals surface area contributed by atoms with Crippen LogP contribution in [-0.2, 0) is 9.53 Å². The van der Waals surface area contributed by atoms with Crippen molar-refractivity contribution >= 4 is 22.6 Å². The number of anilines is 1. The molecule has 3 heterocycles. The highest BCUT2D eigenvalue weighted by Gasteiger charge is 2.44. The summed E-state index contributed by atoms with van der Waals surface area (Å²) in [6.07, 6.45) is 8.42. The summed E-state index contributed by atoms with van der Waals surface area (Å²) in [6.45, 7) is 4.43. The Balaban J connectivity index is 1.33. The smallest absolute Gasteiger partial charge is 0.217 e. The van der Waals surface area contributed by atoms with Gasteiger partial charge in [0.2, 0.25) is 5.91 Å². The van der Waals surface area contributed by atoms with Crippen molar-refractivity contribution in [3.8, 4) is 0 Å². The van der Waals surface area contributed by atoms with E-state index < -0.39 is 0 Å². The zero-order valence-corrected chi connectivity index (χ0v) is 15.7. The molecule has 2 aromatic heterocycles. The van der Waals surface area contributed by atoms with E-state index in [0.29, 0.717) is 11.8 Å². The SMILES string of the molecule is CC(=O)N[C@@H]1C[C@@H]2CN(c3nccc4[nH]ncc34)C[C@@H]2C[C@H]1OCC1CC1. The topological polar surface area (TPSA) is 83.1 Å². The number of nitrogens with one attached hydrogen (secondary N) is 2. The summed E-state index contributed by atoms with van der Waals surface area (Å²) >= 11 is 0. The Kier molecular flexibility index (Phi) is 4.27. The lowest BCUT2D eigenvalue weighted by Crippen LogP contribution is -2.50. The highest BCUT2D eigenvalue weighted by molar-refractivity contribution is 5.89. The van der Waals surface area contributed by atoms with E-state index in [2.05, 4.69) is 25.4 Å². The highest BCUT2D eigenvalue weighted by Crippen LogP contribution is 2.41. The monoisotopic (exact) mass is 369 g/mol. The van der Waals surface area contributed by atoms with E-state index in [4.69, 9.17) is 4.74 Å². The van der Waals surface area contributed by atoms with Gasteiger partial charge in [-0.3, -0.25) is 9.89 Å². The molecule has 0 spiro atoms. The van der Waals surface area contributed by atoms with E-state index in [-0.39, 0.29) is 18.1 Å². The molecule has 0 aromatic carbocycles. The van der Waals surface area contributed by atoms with Gasteiger partial charge in [-0.1, -0.05) is 0 Å². The number of hydrogen-bond donors (Lipinski definition) is 2. The zero-order chi connectivity index (χ0) is 18.4. The van der Waals surface area contributed by atoms with Gasteiger partial charge in [0.05, 0.1) is 29.2 Å². The van der Waals surface area contributed by atoms with Gasteiger partial charge in [0.25, 0.3) is 0 Å². The van der Waals surface area contributed by atoms with Crippen LogP contribution in [0.15, 0.2) is 18.5 Å². The molecule has 7 nitrogen and oxygen atoms in total. The minimum Gasteiger partial charge on any atom is -0.376 e. The summed E-state index contributed by atoms with van der Waals surface area (Å²) in [4.78, 5) is 18.7.